The van der Waals surface area contributed by atoms with E-state index >= 15 is 0 Å². The van der Waals surface area contributed by atoms with Crippen LogP contribution in [0.25, 0.3) is 0 Å². The Bertz CT molecular complexity index is 350. The normalized spacial score (nSPS) is 15.8. The number of nitrogens with one attached hydrogen (secondary N) is 1. The van der Waals surface area contributed by atoms with Crippen molar-refractivity contribution in [1.82, 2.24) is 5.32 Å². The van der Waals surface area contributed by atoms with Crippen molar-refractivity contribution >= 4 is 0 Å². The van der Waals surface area contributed by atoms with Crippen molar-refractivity contribution in [3.8, 4) is 5.75 Å². The number of benzene rings is 1. The fraction of sp³-hybridized carbons (Fsp3) is 0.625. The van der Waals surface area contributed by atoms with Gasteiger partial charge < -0.3 is 15.2 Å². The summed E-state index contributed by atoms with van der Waals surface area (Å²) in [6.07, 6.45) is 2.15. The molecule has 0 spiro atoms. The van der Waals surface area contributed by atoms with Crippen LogP contribution in [0.5, 0.6) is 5.75 Å². The molecule has 0 amide bonds. The summed E-state index contributed by atoms with van der Waals surface area (Å²) in [5, 5.41) is 12.7. The van der Waals surface area contributed by atoms with E-state index in [1.807, 2.05) is 12.1 Å². The quantitative estimate of drug-likeness (QED) is 0.759. The highest BCUT2D eigenvalue weighted by molar-refractivity contribution is 5.27. The molecule has 0 bridgehead atoms. The predicted molar refractivity (Wildman–Crippen MR) is 79.6 cm³/mol. The van der Waals surface area contributed by atoms with Gasteiger partial charge in [-0.15, -0.1) is 0 Å². The summed E-state index contributed by atoms with van der Waals surface area (Å²) in [4.78, 5) is 0. The molecule has 0 radical (unpaired) electrons. The van der Waals surface area contributed by atoms with Crippen LogP contribution in [0.1, 0.15) is 32.8 Å². The second-order valence-corrected chi connectivity index (χ2v) is 5.40. The Balaban J connectivity index is 2.34. The first-order valence-corrected chi connectivity index (χ1v) is 7.06. The average Bonchev–Trinajstić information content (AvgIpc) is 2.44. The van der Waals surface area contributed by atoms with E-state index in [4.69, 9.17) is 9.84 Å². The molecule has 0 saturated carbocycles. The topological polar surface area (TPSA) is 41.5 Å². The molecule has 3 heteroatoms. The van der Waals surface area contributed by atoms with E-state index in [2.05, 4.69) is 38.2 Å². The minimum atomic E-state index is 0.235. The number of methoxy groups -OCH3 is 1. The van der Waals surface area contributed by atoms with Gasteiger partial charge in [0.1, 0.15) is 5.75 Å². The molecule has 0 aliphatic rings. The van der Waals surface area contributed by atoms with E-state index in [0.717, 1.165) is 18.6 Å². The lowest BCUT2D eigenvalue weighted by Gasteiger charge is -2.24. The summed E-state index contributed by atoms with van der Waals surface area (Å²) in [7, 11) is 1.69. The first-order chi connectivity index (χ1) is 9.06. The minimum Gasteiger partial charge on any atom is -0.497 e. The molecule has 2 N–H and O–H groups in total. The number of aliphatic hydroxyl groups is 1. The van der Waals surface area contributed by atoms with Crippen LogP contribution in [0.2, 0.25) is 0 Å². The molecule has 0 saturated heterocycles. The van der Waals surface area contributed by atoms with E-state index in [-0.39, 0.29) is 6.61 Å². The fourth-order valence-electron chi connectivity index (χ4n) is 2.03. The van der Waals surface area contributed by atoms with Crippen molar-refractivity contribution in [2.75, 3.05) is 13.7 Å². The number of hydrogen-bond donors (Lipinski definition) is 2. The molecule has 0 heterocycles. The zero-order valence-corrected chi connectivity index (χ0v) is 12.5. The van der Waals surface area contributed by atoms with Gasteiger partial charge in [0.05, 0.1) is 7.11 Å². The zero-order chi connectivity index (χ0) is 14.3. The van der Waals surface area contributed by atoms with Crippen LogP contribution in [0.15, 0.2) is 24.3 Å². The summed E-state index contributed by atoms with van der Waals surface area (Å²) in [6.45, 7) is 6.63. The van der Waals surface area contributed by atoms with Crippen LogP contribution in [0, 0.1) is 5.92 Å². The molecule has 0 aromatic heterocycles. The average molecular weight is 265 g/mol. The fourth-order valence-corrected chi connectivity index (χ4v) is 2.03. The van der Waals surface area contributed by atoms with Crippen LogP contribution in [0.4, 0.5) is 0 Å². The number of aryl methyl sites for hydroxylation is 1. The SMILES string of the molecule is COc1ccc(CCC(C)NC(C)C(C)CO)cc1. The summed E-state index contributed by atoms with van der Waals surface area (Å²) >= 11 is 0. The van der Waals surface area contributed by atoms with Crippen molar-refractivity contribution in [2.24, 2.45) is 5.92 Å². The van der Waals surface area contributed by atoms with Crippen molar-refractivity contribution < 1.29 is 9.84 Å². The Morgan fingerprint density at radius 3 is 2.32 bits per heavy atom. The van der Waals surface area contributed by atoms with E-state index in [1.165, 1.54) is 5.56 Å². The Morgan fingerprint density at radius 1 is 1.16 bits per heavy atom. The third-order valence-corrected chi connectivity index (χ3v) is 3.71. The molecular weight excluding hydrogens is 238 g/mol. The van der Waals surface area contributed by atoms with Gasteiger partial charge in [0, 0.05) is 18.7 Å². The highest BCUT2D eigenvalue weighted by Crippen LogP contribution is 2.13. The van der Waals surface area contributed by atoms with Crippen LogP contribution in [0.3, 0.4) is 0 Å². The predicted octanol–water partition coefficient (Wildman–Crippen LogP) is 2.62. The van der Waals surface area contributed by atoms with Gasteiger partial charge in [-0.25, -0.2) is 0 Å². The van der Waals surface area contributed by atoms with Gasteiger partial charge in [-0.3, -0.25) is 0 Å². The first-order valence-electron chi connectivity index (χ1n) is 7.06. The van der Waals surface area contributed by atoms with E-state index in [1.54, 1.807) is 7.11 Å². The van der Waals surface area contributed by atoms with Crippen molar-refractivity contribution in [3.63, 3.8) is 0 Å². The molecule has 3 atom stereocenters. The van der Waals surface area contributed by atoms with Crippen molar-refractivity contribution in [1.29, 1.82) is 0 Å². The second kappa shape index (κ2) is 8.18. The standard InChI is InChI=1S/C16H27NO2/c1-12(11-18)14(3)17-13(2)5-6-15-7-9-16(19-4)10-8-15/h7-10,12-14,17-18H,5-6,11H2,1-4H3. The molecule has 0 aliphatic carbocycles. The molecule has 0 fully saturated rings. The number of hydrogen-bond acceptors (Lipinski definition) is 3. The molecule has 3 unspecified atom stereocenters. The molecular formula is C16H27NO2. The highest BCUT2D eigenvalue weighted by atomic mass is 16.5. The lowest BCUT2D eigenvalue weighted by molar-refractivity contribution is 0.201. The maximum Gasteiger partial charge on any atom is 0.118 e. The second-order valence-electron chi connectivity index (χ2n) is 5.40. The minimum absolute atomic E-state index is 0.235. The molecule has 1 rings (SSSR count). The van der Waals surface area contributed by atoms with Crippen molar-refractivity contribution in [3.05, 3.63) is 29.8 Å². The Kier molecular flexibility index (Phi) is 6.89. The van der Waals surface area contributed by atoms with E-state index < -0.39 is 0 Å². The molecule has 1 aromatic rings. The molecule has 1 aromatic carbocycles. The first kappa shape index (κ1) is 16.0. The Labute approximate surface area is 117 Å². The van der Waals surface area contributed by atoms with Gasteiger partial charge in [0.2, 0.25) is 0 Å². The number of aliphatic hydroxyl groups excluding tert-OH is 1. The van der Waals surface area contributed by atoms with Crippen LogP contribution in [-0.4, -0.2) is 30.9 Å². The Hall–Kier alpha value is -1.06. The molecule has 0 aliphatic heterocycles. The van der Waals surface area contributed by atoms with E-state index in [9.17, 15) is 0 Å². The van der Waals surface area contributed by atoms with Gasteiger partial charge >= 0.3 is 0 Å². The third kappa shape index (κ3) is 5.62. The van der Waals surface area contributed by atoms with Gasteiger partial charge in [-0.2, -0.15) is 0 Å². The lowest BCUT2D eigenvalue weighted by atomic mass is 10.0. The summed E-state index contributed by atoms with van der Waals surface area (Å²) < 4.78 is 5.15. The summed E-state index contributed by atoms with van der Waals surface area (Å²) in [5.74, 6) is 1.20. The largest absolute Gasteiger partial charge is 0.497 e. The number of ether oxygens (including phenoxy) is 1. The van der Waals surface area contributed by atoms with Gasteiger partial charge in [0.25, 0.3) is 0 Å². The summed E-state index contributed by atoms with van der Waals surface area (Å²) in [5.41, 5.74) is 1.33. The lowest BCUT2D eigenvalue weighted by Crippen LogP contribution is -2.39. The summed E-state index contributed by atoms with van der Waals surface area (Å²) in [6, 6.07) is 9.03. The monoisotopic (exact) mass is 265 g/mol. The van der Waals surface area contributed by atoms with Gasteiger partial charge in [0.15, 0.2) is 0 Å². The van der Waals surface area contributed by atoms with Crippen LogP contribution in [-0.2, 0) is 6.42 Å². The molecule has 108 valence electrons. The molecule has 3 nitrogen and oxygen atoms in total. The van der Waals surface area contributed by atoms with Crippen LogP contribution >= 0.6 is 0 Å². The van der Waals surface area contributed by atoms with Gasteiger partial charge in [-0.05, 0) is 50.3 Å². The highest BCUT2D eigenvalue weighted by Gasteiger charge is 2.13. The maximum absolute atomic E-state index is 9.12. The smallest absolute Gasteiger partial charge is 0.118 e. The van der Waals surface area contributed by atoms with Gasteiger partial charge in [-0.1, -0.05) is 19.1 Å². The van der Waals surface area contributed by atoms with E-state index in [0.29, 0.717) is 18.0 Å². The molecule has 19 heavy (non-hydrogen) atoms. The Morgan fingerprint density at radius 2 is 1.79 bits per heavy atom. The van der Waals surface area contributed by atoms with Crippen molar-refractivity contribution in [2.45, 2.75) is 45.7 Å². The third-order valence-electron chi connectivity index (χ3n) is 3.71. The van der Waals surface area contributed by atoms with Crippen LogP contribution < -0.4 is 10.1 Å². The number of rotatable bonds is 8. The zero-order valence-electron chi connectivity index (χ0n) is 12.5. The maximum atomic E-state index is 9.12.